The van der Waals surface area contributed by atoms with Gasteiger partial charge in [-0.2, -0.15) is 0 Å². The Labute approximate surface area is 634 Å². The molecule has 2 aromatic heterocycles. The van der Waals surface area contributed by atoms with E-state index in [-0.39, 0.29) is 133 Å². The summed E-state index contributed by atoms with van der Waals surface area (Å²) in [7, 11) is 1.17. The van der Waals surface area contributed by atoms with Gasteiger partial charge >= 0.3 is 24.1 Å². The van der Waals surface area contributed by atoms with Crippen LogP contribution < -0.4 is 59.1 Å². The second-order valence-corrected chi connectivity index (χ2v) is 26.9. The number of aromatic nitrogens is 2. The van der Waals surface area contributed by atoms with Gasteiger partial charge in [-0.25, -0.2) is 23.8 Å². The number of halogens is 1. The molecule has 0 saturated carbocycles. The lowest BCUT2D eigenvalue weighted by molar-refractivity contribution is -0.172. The third-order valence-electron chi connectivity index (χ3n) is 18.8. The minimum atomic E-state index is -2.07. The number of aryl methyl sites for hydroxylation is 1. The Kier molecular flexibility index (Phi) is 33.1. The molecule has 110 heavy (non-hydrogen) atoms. The zero-order chi connectivity index (χ0) is 79.3. The quantitative estimate of drug-likeness (QED) is 0.00874. The first-order valence-corrected chi connectivity index (χ1v) is 36.8. The van der Waals surface area contributed by atoms with Crippen molar-refractivity contribution in [3.05, 3.63) is 91.5 Å². The van der Waals surface area contributed by atoms with Crippen LogP contribution in [0.15, 0.2) is 41.2 Å². The molecule has 12 N–H and O–H groups in total. The fourth-order valence-electron chi connectivity index (χ4n) is 12.8. The highest BCUT2D eigenvalue weighted by molar-refractivity contribution is 5.99. The van der Waals surface area contributed by atoms with Crippen molar-refractivity contribution in [2.24, 2.45) is 11.7 Å². The molecule has 4 aromatic rings. The minimum Gasteiger partial charge on any atom is -0.469 e. The van der Waals surface area contributed by atoms with Crippen molar-refractivity contribution >= 4 is 82.0 Å². The maximum atomic E-state index is 15.4. The number of anilines is 1. The van der Waals surface area contributed by atoms with Crippen molar-refractivity contribution in [1.82, 2.24) is 52.1 Å². The summed E-state index contributed by atoms with van der Waals surface area (Å²) in [5.41, 5.74) is 7.00. The second-order valence-electron chi connectivity index (χ2n) is 26.9. The van der Waals surface area contributed by atoms with E-state index in [0.29, 0.717) is 89.3 Å². The van der Waals surface area contributed by atoms with Crippen molar-refractivity contribution in [2.45, 2.75) is 167 Å². The van der Waals surface area contributed by atoms with E-state index >= 15 is 4.39 Å². The molecule has 2 aliphatic carbocycles. The molecule has 8 rings (SSSR count). The Morgan fingerprint density at radius 2 is 1.47 bits per heavy atom. The van der Waals surface area contributed by atoms with Gasteiger partial charge in [0, 0.05) is 60.6 Å². The molecule has 0 fully saturated rings. The van der Waals surface area contributed by atoms with Crippen molar-refractivity contribution in [3.63, 3.8) is 0 Å². The van der Waals surface area contributed by atoms with Crippen molar-refractivity contribution < 1.29 is 105 Å². The van der Waals surface area contributed by atoms with E-state index in [1.807, 2.05) is 0 Å². The van der Waals surface area contributed by atoms with Gasteiger partial charge in [0.05, 0.1) is 95.0 Å². The van der Waals surface area contributed by atoms with Gasteiger partial charge in [-0.05, 0) is 111 Å². The molecule has 2 aromatic carbocycles. The molecule has 34 nitrogen and oxygen atoms in total. The minimum absolute atomic E-state index is 0.0153. The van der Waals surface area contributed by atoms with Crippen LogP contribution in [-0.4, -0.2) is 204 Å². The Hall–Kier alpha value is -10.2. The summed E-state index contributed by atoms with van der Waals surface area (Å²) >= 11 is 0. The number of benzene rings is 2. The zero-order valence-electron chi connectivity index (χ0n) is 62.5. The zero-order valence-corrected chi connectivity index (χ0v) is 62.5. The number of fused-ring (bicyclic) bond motifs is 5. The van der Waals surface area contributed by atoms with Crippen molar-refractivity contribution in [3.8, 4) is 23.2 Å². The van der Waals surface area contributed by atoms with E-state index in [9.17, 15) is 62.6 Å². The van der Waals surface area contributed by atoms with Gasteiger partial charge in [-0.1, -0.05) is 45.2 Å². The number of nitrogens with one attached hydrogen (secondary N) is 9. The van der Waals surface area contributed by atoms with E-state index in [1.54, 1.807) is 45.9 Å². The number of pyridine rings is 2. The van der Waals surface area contributed by atoms with Gasteiger partial charge in [0.25, 0.3) is 5.56 Å². The van der Waals surface area contributed by atoms with Crippen LogP contribution in [0.3, 0.4) is 0 Å². The molecule has 598 valence electrons. The van der Waals surface area contributed by atoms with Crippen LogP contribution in [0, 0.1) is 30.5 Å². The maximum absolute atomic E-state index is 15.4. The first kappa shape index (κ1) is 85.4. The molecule has 10 amide bonds. The van der Waals surface area contributed by atoms with Crippen LogP contribution >= 0.6 is 0 Å². The Balaban J connectivity index is 0.724. The topological polar surface area (TPSA) is 460 Å². The number of ether oxygens (including phenoxy) is 9. The molecule has 0 bridgehead atoms. The van der Waals surface area contributed by atoms with E-state index in [0.717, 1.165) is 32.1 Å². The summed E-state index contributed by atoms with van der Waals surface area (Å²) in [4.78, 5) is 161. The fraction of sp³-hybridized carbons (Fsp3) is 0.560. The molecule has 4 aliphatic rings. The van der Waals surface area contributed by atoms with Gasteiger partial charge in [0.15, 0.2) is 5.60 Å². The van der Waals surface area contributed by atoms with Crippen LogP contribution in [0.2, 0.25) is 0 Å². The lowest BCUT2D eigenvalue weighted by Crippen LogP contribution is -2.58. The maximum Gasteiger partial charge on any atom is 0.407 e. The van der Waals surface area contributed by atoms with E-state index in [2.05, 4.69) is 59.7 Å². The molecule has 4 heterocycles. The van der Waals surface area contributed by atoms with E-state index in [1.165, 1.54) is 29.9 Å². The summed E-state index contributed by atoms with van der Waals surface area (Å²) in [5, 5.41) is 35.6. The predicted octanol–water partition coefficient (Wildman–Crippen LogP) is 2.02. The van der Waals surface area contributed by atoms with Crippen LogP contribution in [0.25, 0.3) is 22.3 Å². The summed E-state index contributed by atoms with van der Waals surface area (Å²) in [6, 6.07) is 3.68. The number of aliphatic hydroxyl groups is 1. The van der Waals surface area contributed by atoms with Gasteiger partial charge in [-0.3, -0.25) is 43.2 Å². The lowest BCUT2D eigenvalue weighted by atomic mass is 9.81. The second kappa shape index (κ2) is 42.7. The number of esters is 2. The van der Waals surface area contributed by atoms with Crippen molar-refractivity contribution in [2.75, 3.05) is 105 Å². The number of carbonyl (C=O) groups excluding carboxylic acids is 11. The number of primary amides is 1. The molecular formula is C75H99FN12O22. The monoisotopic (exact) mass is 1540 g/mol. The number of methoxy groups -OCH3 is 1. The van der Waals surface area contributed by atoms with E-state index in [4.69, 9.17) is 53.3 Å². The smallest absolute Gasteiger partial charge is 0.407 e. The highest BCUT2D eigenvalue weighted by atomic mass is 19.1. The molecule has 2 aliphatic heterocycles. The van der Waals surface area contributed by atoms with E-state index < -0.39 is 126 Å². The molecule has 35 heteroatoms. The number of alkyl carbamates (subject to hydrolysis) is 1. The standard InChI is InChI=1S/C75H99FN12O22/c1-6-75(101)52-35-58-67-50(38-88(58)71(97)51(52)40-109-72(75)98)65-54(21-20-49-45(4)53(76)36-57(85-67)64(49)65)83-62(92)41-107-43-81-60(90)37-80-74(100)110-39-46-16-18-47(19-17-46)82-68(94)55(15-12-25-79-73(77)99)86-70(96)66(44(2)3)87-69(95)56(22-23-63(93)102-5)84-59(89)24-27-103-29-31-105-33-34-106-32-30-104-28-26-78-61(91)42-108-48-13-10-8-7-9-11-14-48/h16-19,35-36,44,48,54-56,66,101H,6-10,12-13,15,20-34,37-43H2,1-5H3,(H,78,91)(H,80,100)(H,81,90)(H,82,94)(H,83,92)(H,84,89)(H,86,96)(H,87,95)(H3,77,79,99)/t48?,54-,55-,56+,66-,75-/m0/s1. The summed E-state index contributed by atoms with van der Waals surface area (Å²) in [6.45, 7) is 6.62. The fourth-order valence-corrected chi connectivity index (χ4v) is 12.8. The highest BCUT2D eigenvalue weighted by Gasteiger charge is 2.46. The molecule has 0 saturated heterocycles. The number of hydrogen-bond acceptors (Lipinski definition) is 23. The number of cyclic esters (lactones) is 1. The lowest BCUT2D eigenvalue weighted by Gasteiger charge is -2.31. The molecule has 1 unspecified atom stereocenters. The normalized spacial score (nSPS) is 16.8. The average molecular weight is 1540 g/mol. The van der Waals surface area contributed by atoms with Gasteiger partial charge < -0.3 is 106 Å². The third kappa shape index (κ3) is 24.6. The van der Waals surface area contributed by atoms with Crippen LogP contribution in [0.1, 0.15) is 143 Å². The summed E-state index contributed by atoms with van der Waals surface area (Å²) < 4.78 is 65.4. The summed E-state index contributed by atoms with van der Waals surface area (Å²) in [5.74, 6) is -0.753. The number of rotatable bonds is 43. The number of amides is 10. The first-order chi connectivity index (χ1) is 52.9. The third-order valence-corrected chi connectivity index (χ3v) is 18.8. The first-order valence-electron chi connectivity index (χ1n) is 36.8. The average Bonchev–Trinajstić information content (AvgIpc) is 1.52. The Morgan fingerprint density at radius 1 is 0.755 bits per heavy atom. The number of nitrogens with zero attached hydrogens (tertiary/aromatic N) is 2. The molecular weight excluding hydrogens is 1440 g/mol. The van der Waals surface area contributed by atoms with Gasteiger partial charge in [-0.15, -0.1) is 5.92 Å². The highest BCUT2D eigenvalue weighted by Crippen LogP contribution is 2.46. The van der Waals surface area contributed by atoms with Gasteiger partial charge in [0.1, 0.15) is 69.7 Å². The summed E-state index contributed by atoms with van der Waals surface area (Å²) in [6.07, 6.45) is 3.92. The number of nitrogens with two attached hydrogens (primary N) is 1. The number of urea groups is 1. The SMILES string of the molecule is CC[C@@]1(O)C(=O)OCc2c1cc1n(c2=O)Cc2c-1nc1cc(F)c(C)c3c1c2[C@@H](NC(=O)COCNC(=O)CNC(=O)OCc1ccc(NC(=O)[C@H](CCCNC(N)=O)NC(=O)[C@@H](NC(=O)[C@@H](CCC(=O)OC)NC(=O)CCOCCOCCOCCOCCNC(=O)COC2C#CCCCCC2)C(C)C)cc1)CC3. The predicted molar refractivity (Wildman–Crippen MR) is 391 cm³/mol. The number of hydrogen-bond donors (Lipinski definition) is 11. The largest absolute Gasteiger partial charge is 0.469 e. The van der Waals surface area contributed by atoms with Gasteiger partial charge in [0.2, 0.25) is 41.4 Å². The van der Waals surface area contributed by atoms with Crippen LogP contribution in [-0.2, 0) is 118 Å². The molecule has 0 spiro atoms. The Morgan fingerprint density at radius 3 is 2.18 bits per heavy atom. The van der Waals surface area contributed by atoms with Crippen LogP contribution in [0.4, 0.5) is 19.7 Å². The molecule has 6 atom stereocenters. The number of carbonyl (C=O) groups is 11. The van der Waals surface area contributed by atoms with Crippen LogP contribution in [0.5, 0.6) is 0 Å². The van der Waals surface area contributed by atoms with Crippen molar-refractivity contribution in [1.29, 1.82) is 0 Å². The molecule has 0 radical (unpaired) electrons. The Bertz CT molecular complexity index is 4090.